The minimum Gasteiger partial charge on any atom is -0.354 e. The molecule has 45 heavy (non-hydrogen) atoms. The summed E-state index contributed by atoms with van der Waals surface area (Å²) < 4.78 is 29.4. The van der Waals surface area contributed by atoms with Crippen molar-refractivity contribution in [1.82, 2.24) is 10.2 Å². The summed E-state index contributed by atoms with van der Waals surface area (Å²) in [5.74, 6) is -0.899. The van der Waals surface area contributed by atoms with Gasteiger partial charge in [0.1, 0.15) is 12.6 Å². The van der Waals surface area contributed by atoms with E-state index >= 15 is 0 Å². The van der Waals surface area contributed by atoms with Gasteiger partial charge in [-0.1, -0.05) is 109 Å². The zero-order valence-electron chi connectivity index (χ0n) is 25.3. The average molecular weight is 667 g/mol. The number of nitrogens with one attached hydrogen (secondary N) is 1. The van der Waals surface area contributed by atoms with Crippen LogP contribution in [0, 0.1) is 6.92 Å². The third-order valence-electron chi connectivity index (χ3n) is 7.52. The number of anilines is 1. The molecule has 0 aliphatic heterocycles. The lowest BCUT2D eigenvalue weighted by atomic mass is 10.0. The first-order valence-electron chi connectivity index (χ1n) is 14.8. The molecule has 4 rings (SSSR count). The molecule has 4 aromatic rings. The fourth-order valence-electron chi connectivity index (χ4n) is 4.97. The topological polar surface area (TPSA) is 86.8 Å². The number of hydrogen-bond donors (Lipinski definition) is 1. The van der Waals surface area contributed by atoms with E-state index in [1.807, 2.05) is 37.3 Å². The van der Waals surface area contributed by atoms with Crippen LogP contribution in [0.1, 0.15) is 36.5 Å². The predicted octanol–water partition coefficient (Wildman–Crippen LogP) is 7.05. The molecule has 1 unspecified atom stereocenters. The van der Waals surface area contributed by atoms with Gasteiger partial charge < -0.3 is 10.2 Å². The number of unbranched alkanes of at least 4 members (excludes halogenated alkanes) is 1. The van der Waals surface area contributed by atoms with E-state index in [9.17, 15) is 18.0 Å². The molecule has 0 aromatic heterocycles. The normalized spacial score (nSPS) is 11.9. The molecule has 2 amide bonds. The minimum absolute atomic E-state index is 0.00897. The number of carbonyl (C=O) groups is 2. The van der Waals surface area contributed by atoms with Crippen LogP contribution in [0.2, 0.25) is 10.0 Å². The number of amides is 2. The monoisotopic (exact) mass is 665 g/mol. The Morgan fingerprint density at radius 3 is 2.11 bits per heavy atom. The molecule has 1 atom stereocenters. The Balaban J connectivity index is 1.82. The molecule has 0 aliphatic rings. The maximum atomic E-state index is 14.5. The van der Waals surface area contributed by atoms with Crippen molar-refractivity contribution in [2.45, 2.75) is 50.6 Å². The molecule has 0 heterocycles. The van der Waals surface area contributed by atoms with E-state index in [0.29, 0.717) is 27.7 Å². The minimum atomic E-state index is -4.22. The van der Waals surface area contributed by atoms with Crippen molar-refractivity contribution >= 4 is 50.7 Å². The molecule has 0 radical (unpaired) electrons. The van der Waals surface area contributed by atoms with E-state index in [-0.39, 0.29) is 29.5 Å². The number of nitrogens with zero attached hydrogens (tertiary/aromatic N) is 2. The Morgan fingerprint density at radius 1 is 0.822 bits per heavy atom. The van der Waals surface area contributed by atoms with Crippen LogP contribution in [0.15, 0.2) is 108 Å². The maximum absolute atomic E-state index is 14.5. The molecule has 0 fully saturated rings. The third kappa shape index (κ3) is 8.66. The Kier molecular flexibility index (Phi) is 12.0. The maximum Gasteiger partial charge on any atom is 0.264 e. The summed E-state index contributed by atoms with van der Waals surface area (Å²) in [6, 6.07) is 28.4. The molecular formula is C35H37Cl2N3O4S. The van der Waals surface area contributed by atoms with Gasteiger partial charge in [-0.25, -0.2) is 8.42 Å². The van der Waals surface area contributed by atoms with Crippen LogP contribution in [0.4, 0.5) is 5.69 Å². The second kappa shape index (κ2) is 15.9. The highest BCUT2D eigenvalue weighted by atomic mass is 35.5. The van der Waals surface area contributed by atoms with Gasteiger partial charge in [-0.2, -0.15) is 0 Å². The number of halogens is 2. The van der Waals surface area contributed by atoms with Crippen LogP contribution in [0.3, 0.4) is 0 Å². The summed E-state index contributed by atoms with van der Waals surface area (Å²) in [5.41, 5.74) is 2.25. The first-order valence-corrected chi connectivity index (χ1v) is 17.0. The van der Waals surface area contributed by atoms with Gasteiger partial charge in [-0.3, -0.25) is 13.9 Å². The Hall–Kier alpha value is -3.85. The highest BCUT2D eigenvalue weighted by molar-refractivity contribution is 7.92. The summed E-state index contributed by atoms with van der Waals surface area (Å²) in [6.07, 6.45) is 1.88. The molecule has 0 bridgehead atoms. The number of rotatable bonds is 14. The molecular weight excluding hydrogens is 629 g/mol. The average Bonchev–Trinajstić information content (AvgIpc) is 3.04. The van der Waals surface area contributed by atoms with Gasteiger partial charge in [0.15, 0.2) is 0 Å². The molecule has 236 valence electrons. The molecule has 0 aliphatic carbocycles. The van der Waals surface area contributed by atoms with Gasteiger partial charge in [0.05, 0.1) is 10.6 Å². The second-order valence-corrected chi connectivity index (χ2v) is 13.3. The van der Waals surface area contributed by atoms with Gasteiger partial charge >= 0.3 is 0 Å². The van der Waals surface area contributed by atoms with E-state index in [1.54, 1.807) is 67.6 Å². The third-order valence-corrected chi connectivity index (χ3v) is 10.1. The lowest BCUT2D eigenvalue weighted by Gasteiger charge is -2.34. The number of carbonyl (C=O) groups excluding carboxylic acids is 2. The first-order chi connectivity index (χ1) is 21.6. The van der Waals surface area contributed by atoms with Gasteiger partial charge in [0.2, 0.25) is 11.8 Å². The van der Waals surface area contributed by atoms with Crippen molar-refractivity contribution in [2.75, 3.05) is 17.4 Å². The summed E-state index contributed by atoms with van der Waals surface area (Å²) in [7, 11) is -4.22. The smallest absolute Gasteiger partial charge is 0.264 e. The Labute approximate surface area is 275 Å². The van der Waals surface area contributed by atoms with E-state index in [1.165, 1.54) is 17.0 Å². The van der Waals surface area contributed by atoms with Crippen LogP contribution in [0.5, 0.6) is 0 Å². The van der Waals surface area contributed by atoms with Gasteiger partial charge in [0, 0.05) is 29.6 Å². The van der Waals surface area contributed by atoms with E-state index in [2.05, 4.69) is 5.32 Å². The second-order valence-electron chi connectivity index (χ2n) is 10.7. The molecule has 0 spiro atoms. The van der Waals surface area contributed by atoms with E-state index < -0.39 is 28.5 Å². The lowest BCUT2D eigenvalue weighted by Crippen LogP contribution is -2.53. The van der Waals surface area contributed by atoms with Gasteiger partial charge in [-0.15, -0.1) is 0 Å². The van der Waals surface area contributed by atoms with Gasteiger partial charge in [-0.05, 0) is 60.4 Å². The zero-order valence-corrected chi connectivity index (χ0v) is 27.7. The molecule has 7 nitrogen and oxygen atoms in total. The number of sulfonamides is 1. The Bertz CT molecular complexity index is 1700. The Morgan fingerprint density at radius 2 is 1.44 bits per heavy atom. The van der Waals surface area contributed by atoms with Crippen LogP contribution >= 0.6 is 23.2 Å². The highest BCUT2D eigenvalue weighted by Gasteiger charge is 2.35. The van der Waals surface area contributed by atoms with Crippen LogP contribution in [-0.4, -0.2) is 44.3 Å². The molecule has 0 saturated heterocycles. The van der Waals surface area contributed by atoms with Crippen molar-refractivity contribution in [2.24, 2.45) is 0 Å². The van der Waals surface area contributed by atoms with Crippen molar-refractivity contribution in [3.8, 4) is 0 Å². The lowest BCUT2D eigenvalue weighted by molar-refractivity contribution is -0.140. The van der Waals surface area contributed by atoms with Gasteiger partial charge in [0.25, 0.3) is 10.0 Å². The van der Waals surface area contributed by atoms with Crippen molar-refractivity contribution < 1.29 is 18.0 Å². The zero-order chi connectivity index (χ0) is 32.4. The van der Waals surface area contributed by atoms with E-state index in [4.69, 9.17) is 23.2 Å². The van der Waals surface area contributed by atoms with Crippen LogP contribution in [-0.2, 0) is 32.6 Å². The number of hydrogen-bond acceptors (Lipinski definition) is 4. The first kappa shape index (κ1) is 34.0. The van der Waals surface area contributed by atoms with E-state index in [0.717, 1.165) is 22.7 Å². The fourth-order valence-corrected chi connectivity index (χ4v) is 6.83. The van der Waals surface area contributed by atoms with Crippen LogP contribution < -0.4 is 9.62 Å². The summed E-state index contributed by atoms with van der Waals surface area (Å²) >= 11 is 13.0. The van der Waals surface area contributed by atoms with Crippen molar-refractivity contribution in [1.29, 1.82) is 0 Å². The van der Waals surface area contributed by atoms with Crippen molar-refractivity contribution in [3.05, 3.63) is 130 Å². The SMILES string of the molecule is CCCCNC(=O)C(Cc1ccccc1)N(Cc1ccccc1Cl)C(=O)CN(c1cccc(Cl)c1C)S(=O)(=O)c1ccccc1. The summed E-state index contributed by atoms with van der Waals surface area (Å²) in [4.78, 5) is 29.8. The predicted molar refractivity (Wildman–Crippen MR) is 181 cm³/mol. The molecule has 0 saturated carbocycles. The standard InChI is InChI=1S/C35H37Cl2N3O4S/c1-3-4-22-38-35(42)33(23-27-14-7-5-8-15-27)39(24-28-16-11-12-19-31(28)37)34(41)25-40(32-21-13-20-30(36)26(32)2)45(43,44)29-17-9-6-10-18-29/h5-21,33H,3-4,22-25H2,1-2H3,(H,38,42). The fraction of sp³-hybridized carbons (Fsp3) is 0.257. The van der Waals surface area contributed by atoms with Crippen molar-refractivity contribution in [3.63, 3.8) is 0 Å². The molecule has 4 aromatic carbocycles. The highest BCUT2D eigenvalue weighted by Crippen LogP contribution is 2.31. The summed E-state index contributed by atoms with van der Waals surface area (Å²) in [5, 5.41) is 3.77. The quantitative estimate of drug-likeness (QED) is 0.146. The number of benzene rings is 4. The summed E-state index contributed by atoms with van der Waals surface area (Å²) in [6.45, 7) is 3.60. The molecule has 10 heteroatoms. The largest absolute Gasteiger partial charge is 0.354 e. The molecule has 1 N–H and O–H groups in total. The van der Waals surface area contributed by atoms with Crippen LogP contribution in [0.25, 0.3) is 0 Å².